The van der Waals surface area contributed by atoms with E-state index in [0.29, 0.717) is 16.6 Å². The lowest BCUT2D eigenvalue weighted by molar-refractivity contribution is -0.204. The summed E-state index contributed by atoms with van der Waals surface area (Å²) in [4.78, 5) is 4.03. The van der Waals surface area contributed by atoms with E-state index in [-0.39, 0.29) is 16.8 Å². The highest BCUT2D eigenvalue weighted by Crippen LogP contribution is 2.43. The van der Waals surface area contributed by atoms with E-state index in [4.69, 9.17) is 9.29 Å². The molecule has 3 heterocycles. The Morgan fingerprint density at radius 2 is 1.83 bits per heavy atom. The van der Waals surface area contributed by atoms with Crippen molar-refractivity contribution >= 4 is 39.0 Å². The van der Waals surface area contributed by atoms with E-state index in [1.165, 1.54) is 18.5 Å². The summed E-state index contributed by atoms with van der Waals surface area (Å²) < 4.78 is 83.3. The fourth-order valence-corrected chi connectivity index (χ4v) is 5.00. The molecule has 0 bridgehead atoms. The normalized spacial score (nSPS) is 26.8. The van der Waals surface area contributed by atoms with Crippen LogP contribution in [0.1, 0.15) is 5.56 Å². The van der Waals surface area contributed by atoms with E-state index in [2.05, 4.69) is 48.0 Å². The number of aromatic nitrogens is 4. The minimum atomic E-state index is -4.93. The number of pyridine rings is 1. The van der Waals surface area contributed by atoms with Crippen molar-refractivity contribution in [3.63, 3.8) is 0 Å². The highest BCUT2D eigenvalue weighted by Gasteiger charge is 2.59. The third kappa shape index (κ3) is 4.89. The maximum absolute atomic E-state index is 13.8. The van der Waals surface area contributed by atoms with Gasteiger partial charge < -0.3 is 14.9 Å². The summed E-state index contributed by atoms with van der Waals surface area (Å²) in [5.41, 5.74) is -3.66. The molecule has 2 aromatic heterocycles. The topological polar surface area (TPSA) is 157 Å². The average Bonchev–Trinajstić information content (AvgIpc) is 3.29. The quantitative estimate of drug-likeness (QED) is 0.182. The Balaban J connectivity index is 1.89. The van der Waals surface area contributed by atoms with E-state index in [1.807, 2.05) is 0 Å². The zero-order valence-corrected chi connectivity index (χ0v) is 20.9. The number of aliphatic hydroxyl groups is 2. The van der Waals surface area contributed by atoms with Crippen molar-refractivity contribution in [3.8, 4) is 11.3 Å². The van der Waals surface area contributed by atoms with Crippen molar-refractivity contribution < 1.29 is 45.3 Å². The van der Waals surface area contributed by atoms with Gasteiger partial charge in [-0.25, -0.2) is 22.0 Å². The first-order valence-electron chi connectivity index (χ1n) is 9.85. The van der Waals surface area contributed by atoms with Crippen LogP contribution in [0, 0.1) is 17.5 Å². The molecule has 17 heteroatoms. The van der Waals surface area contributed by atoms with Gasteiger partial charge in [0, 0.05) is 28.0 Å². The van der Waals surface area contributed by atoms with Gasteiger partial charge >= 0.3 is 10.4 Å². The predicted octanol–water partition coefficient (Wildman–Crippen LogP) is 1.46. The molecule has 1 aromatic carbocycles. The lowest BCUT2D eigenvalue weighted by Gasteiger charge is -2.50. The predicted molar refractivity (Wildman–Crippen MR) is 122 cm³/mol. The molecule has 1 aliphatic rings. The summed E-state index contributed by atoms with van der Waals surface area (Å²) in [5.74, 6) is -4.64. The maximum Gasteiger partial charge on any atom is 0.397 e. The molecule has 11 nitrogen and oxygen atoms in total. The Kier molecular flexibility index (Phi) is 7.46. The molecule has 194 valence electrons. The number of aliphatic hydroxyl groups excluding tert-OH is 2. The highest BCUT2D eigenvalue weighted by molar-refractivity contribution is 9.10. The fraction of sp³-hybridized carbons (Fsp3) is 0.316. The minimum Gasteiger partial charge on any atom is -0.387 e. The van der Waals surface area contributed by atoms with Gasteiger partial charge in [-0.2, -0.15) is 8.42 Å². The molecule has 3 aromatic rings. The molecule has 1 aliphatic heterocycles. The van der Waals surface area contributed by atoms with Gasteiger partial charge in [0.2, 0.25) is 0 Å². The van der Waals surface area contributed by atoms with Crippen LogP contribution in [-0.2, 0) is 24.9 Å². The Bertz CT molecular complexity index is 1380. The lowest BCUT2D eigenvalue weighted by atomic mass is 9.76. The second kappa shape index (κ2) is 9.97. The molecule has 5 atom stereocenters. The van der Waals surface area contributed by atoms with E-state index in [9.17, 15) is 31.8 Å². The number of thiol groups is 1. The van der Waals surface area contributed by atoms with Crippen LogP contribution in [0.2, 0.25) is 0 Å². The number of rotatable bonds is 6. The third-order valence-corrected chi connectivity index (χ3v) is 6.81. The van der Waals surface area contributed by atoms with E-state index < -0.39 is 63.7 Å². The minimum absolute atomic E-state index is 0.115. The number of hydrogen-bond acceptors (Lipinski definition) is 10. The molecule has 36 heavy (non-hydrogen) atoms. The standard InChI is InChI=1S/C19H16BrF3N4O7S2/c20-10-3-9(4-24-5-10)19(16(28)14(7-33-36(30,31)32)34-18(35)17(19)29)27-6-13(25-26-27)8-1-11(21)15(23)12(22)2-8/h1-6,14,16-18,28-29,35H,7H2,(H,30,31,32)/t14-,16+,17+,18-,19+/m0/s1. The molecule has 4 rings (SSSR count). The van der Waals surface area contributed by atoms with Crippen molar-refractivity contribution in [2.45, 2.75) is 29.3 Å². The zero-order chi connectivity index (χ0) is 26.4. The Hall–Kier alpha value is -2.12. The van der Waals surface area contributed by atoms with Crippen LogP contribution in [0.25, 0.3) is 11.3 Å². The summed E-state index contributed by atoms with van der Waals surface area (Å²) >= 11 is 7.43. The van der Waals surface area contributed by atoms with Gasteiger partial charge in [-0.1, -0.05) is 5.21 Å². The molecule has 0 amide bonds. The van der Waals surface area contributed by atoms with E-state index >= 15 is 0 Å². The van der Waals surface area contributed by atoms with Crippen molar-refractivity contribution in [2.24, 2.45) is 0 Å². The van der Waals surface area contributed by atoms with Gasteiger partial charge in [0.1, 0.15) is 35.0 Å². The van der Waals surface area contributed by atoms with Gasteiger partial charge in [-0.3, -0.25) is 9.54 Å². The summed E-state index contributed by atoms with van der Waals surface area (Å²) in [5, 5.41) is 30.4. The van der Waals surface area contributed by atoms with Crippen molar-refractivity contribution in [2.75, 3.05) is 6.61 Å². The first-order valence-corrected chi connectivity index (χ1v) is 12.5. The summed E-state index contributed by atoms with van der Waals surface area (Å²) in [7, 11) is -4.93. The fourth-order valence-electron chi connectivity index (χ4n) is 3.94. The highest BCUT2D eigenvalue weighted by atomic mass is 79.9. The summed E-state index contributed by atoms with van der Waals surface area (Å²) in [6.45, 7) is -0.886. The van der Waals surface area contributed by atoms with Gasteiger partial charge in [-0.05, 0) is 34.1 Å². The van der Waals surface area contributed by atoms with E-state index in [0.717, 1.165) is 10.9 Å². The Labute approximate surface area is 215 Å². The molecule has 0 aliphatic carbocycles. The van der Waals surface area contributed by atoms with Crippen LogP contribution in [0.4, 0.5) is 13.2 Å². The summed E-state index contributed by atoms with van der Waals surface area (Å²) in [6, 6.07) is 2.83. The second-order valence-electron chi connectivity index (χ2n) is 7.69. The molecule has 0 unspecified atom stereocenters. The third-order valence-electron chi connectivity index (χ3n) is 5.54. The SMILES string of the molecule is O=S(=O)(O)OC[C@@H]1O[C@@H](S)[C@@H](O)[C@](c2cncc(Br)c2)(n2cc(-c3cc(F)c(F)c(F)c3)nn2)[C@@H]1O. The molecule has 0 saturated carbocycles. The van der Waals surface area contributed by atoms with Gasteiger partial charge in [0.25, 0.3) is 0 Å². The molecule has 0 radical (unpaired) electrons. The van der Waals surface area contributed by atoms with Crippen LogP contribution in [0.3, 0.4) is 0 Å². The van der Waals surface area contributed by atoms with Gasteiger partial charge in [-0.15, -0.1) is 17.7 Å². The largest absolute Gasteiger partial charge is 0.397 e. The number of hydrogen-bond donors (Lipinski definition) is 4. The molecular weight excluding hydrogens is 597 g/mol. The van der Waals surface area contributed by atoms with Crippen LogP contribution >= 0.6 is 28.6 Å². The first kappa shape index (κ1) is 26.9. The van der Waals surface area contributed by atoms with Gasteiger partial charge in [0.15, 0.2) is 17.5 Å². The van der Waals surface area contributed by atoms with Gasteiger partial charge in [0.05, 0.1) is 12.8 Å². The van der Waals surface area contributed by atoms with Crippen LogP contribution in [0.15, 0.2) is 41.3 Å². The number of halogens is 4. The lowest BCUT2D eigenvalue weighted by Crippen LogP contribution is -2.67. The Morgan fingerprint density at radius 1 is 1.17 bits per heavy atom. The molecule has 0 spiro atoms. The number of ether oxygens (including phenoxy) is 1. The molecule has 3 N–H and O–H groups in total. The molecule has 1 saturated heterocycles. The van der Waals surface area contributed by atoms with Crippen molar-refractivity contribution in [3.05, 3.63) is 64.3 Å². The maximum atomic E-state index is 13.8. The molecular formula is C19H16BrF3N4O7S2. The van der Waals surface area contributed by atoms with Crippen LogP contribution in [0.5, 0.6) is 0 Å². The second-order valence-corrected chi connectivity index (χ2v) is 10.2. The van der Waals surface area contributed by atoms with Crippen LogP contribution in [-0.4, -0.2) is 73.5 Å². The zero-order valence-electron chi connectivity index (χ0n) is 17.6. The average molecular weight is 613 g/mol. The van der Waals surface area contributed by atoms with Crippen molar-refractivity contribution in [1.29, 1.82) is 0 Å². The monoisotopic (exact) mass is 612 g/mol. The summed E-state index contributed by atoms with van der Waals surface area (Å²) in [6.07, 6.45) is -1.27. The smallest absolute Gasteiger partial charge is 0.387 e. The first-order chi connectivity index (χ1) is 16.8. The Morgan fingerprint density at radius 3 is 2.44 bits per heavy atom. The van der Waals surface area contributed by atoms with Crippen molar-refractivity contribution in [1.82, 2.24) is 20.0 Å². The van der Waals surface area contributed by atoms with E-state index in [1.54, 1.807) is 0 Å². The van der Waals surface area contributed by atoms with Crippen LogP contribution < -0.4 is 0 Å². The number of benzene rings is 1. The molecule has 1 fully saturated rings. The number of nitrogens with zero attached hydrogens (tertiary/aromatic N) is 4.